The van der Waals surface area contributed by atoms with Crippen LogP contribution in [0.1, 0.15) is 11.3 Å². The molecule has 0 fully saturated rings. The number of carbonyl (C=O) groups is 1. The molecule has 2 rings (SSSR count). The summed E-state index contributed by atoms with van der Waals surface area (Å²) in [4.78, 5) is 14.3. The van der Waals surface area contributed by atoms with Crippen molar-refractivity contribution in [1.82, 2.24) is 4.98 Å². The second-order valence-corrected chi connectivity index (χ2v) is 4.37. The second-order valence-electron chi connectivity index (χ2n) is 4.37. The number of fused-ring (bicyclic) bond motifs is 1. The van der Waals surface area contributed by atoms with Crippen LogP contribution < -0.4 is 0 Å². The molecule has 0 aliphatic rings. The maximum atomic E-state index is 13.2. The Morgan fingerprint density at radius 1 is 1.30 bits per heavy atom. The Hall–Kier alpha value is -2.02. The van der Waals surface area contributed by atoms with Crippen molar-refractivity contribution in [3.05, 3.63) is 35.5 Å². The van der Waals surface area contributed by atoms with E-state index >= 15 is 0 Å². The van der Waals surface area contributed by atoms with E-state index in [2.05, 4.69) is 9.72 Å². The highest BCUT2D eigenvalue weighted by molar-refractivity contribution is 5.93. The number of halogens is 3. The number of rotatable bonds is 2. The summed E-state index contributed by atoms with van der Waals surface area (Å²) < 4.78 is 43.9. The lowest BCUT2D eigenvalue weighted by molar-refractivity contribution is -0.266. The Balaban J connectivity index is 2.83. The highest BCUT2D eigenvalue weighted by Gasteiger charge is 2.63. The van der Waals surface area contributed by atoms with E-state index in [9.17, 15) is 23.1 Å². The molecule has 20 heavy (non-hydrogen) atoms. The van der Waals surface area contributed by atoms with Gasteiger partial charge in [-0.3, -0.25) is 0 Å². The van der Waals surface area contributed by atoms with Crippen molar-refractivity contribution in [2.45, 2.75) is 18.7 Å². The van der Waals surface area contributed by atoms with E-state index < -0.39 is 23.3 Å². The number of aromatic nitrogens is 1. The Bertz CT molecular complexity index is 662. The first-order valence-corrected chi connectivity index (χ1v) is 5.68. The van der Waals surface area contributed by atoms with Crippen LogP contribution in [-0.2, 0) is 15.1 Å². The van der Waals surface area contributed by atoms with Crippen LogP contribution >= 0.6 is 0 Å². The number of alkyl halides is 3. The summed E-state index contributed by atoms with van der Waals surface area (Å²) in [5, 5.41) is 10.2. The first-order chi connectivity index (χ1) is 9.23. The zero-order chi connectivity index (χ0) is 15.1. The van der Waals surface area contributed by atoms with E-state index in [-0.39, 0.29) is 11.1 Å². The molecule has 0 unspecified atom stereocenters. The van der Waals surface area contributed by atoms with Gasteiger partial charge in [-0.05, 0) is 13.0 Å². The third-order valence-electron chi connectivity index (χ3n) is 3.15. The molecule has 2 N–H and O–H groups in total. The van der Waals surface area contributed by atoms with Crippen molar-refractivity contribution < 1.29 is 27.8 Å². The average Bonchev–Trinajstić information content (AvgIpc) is 2.71. The van der Waals surface area contributed by atoms with Gasteiger partial charge in [-0.25, -0.2) is 4.79 Å². The first kappa shape index (κ1) is 14.4. The van der Waals surface area contributed by atoms with Crippen LogP contribution in [0, 0.1) is 6.92 Å². The van der Waals surface area contributed by atoms with E-state index in [1.54, 1.807) is 12.1 Å². The lowest BCUT2D eigenvalue weighted by Gasteiger charge is -2.28. The lowest BCUT2D eigenvalue weighted by atomic mass is 9.90. The summed E-state index contributed by atoms with van der Waals surface area (Å²) in [7, 11) is 0.795. The van der Waals surface area contributed by atoms with Gasteiger partial charge in [0.1, 0.15) is 0 Å². The highest BCUT2D eigenvalue weighted by Crippen LogP contribution is 2.44. The molecule has 4 nitrogen and oxygen atoms in total. The largest absolute Gasteiger partial charge is 0.466 e. The molecule has 0 aliphatic carbocycles. The third-order valence-corrected chi connectivity index (χ3v) is 3.15. The molecule has 108 valence electrons. The van der Waals surface area contributed by atoms with E-state index in [1.807, 2.05) is 0 Å². The van der Waals surface area contributed by atoms with Crippen LogP contribution in [0.3, 0.4) is 0 Å². The van der Waals surface area contributed by atoms with Gasteiger partial charge in [-0.15, -0.1) is 0 Å². The number of aromatic amines is 1. The first-order valence-electron chi connectivity index (χ1n) is 5.68. The Labute approximate surface area is 112 Å². The van der Waals surface area contributed by atoms with Crippen molar-refractivity contribution in [1.29, 1.82) is 0 Å². The number of aliphatic hydroxyl groups is 1. The van der Waals surface area contributed by atoms with Gasteiger partial charge >= 0.3 is 12.1 Å². The van der Waals surface area contributed by atoms with Crippen molar-refractivity contribution in [3.63, 3.8) is 0 Å². The molecular formula is C13H12F3NO3. The number of hydrogen-bond donors (Lipinski definition) is 2. The van der Waals surface area contributed by atoms with Gasteiger partial charge in [0.15, 0.2) is 0 Å². The zero-order valence-corrected chi connectivity index (χ0v) is 10.7. The van der Waals surface area contributed by atoms with Crippen LogP contribution in [0.25, 0.3) is 10.9 Å². The summed E-state index contributed by atoms with van der Waals surface area (Å²) in [6.45, 7) is 1.36. The number of aryl methyl sites for hydroxylation is 1. The van der Waals surface area contributed by atoms with Crippen LogP contribution in [0.5, 0.6) is 0 Å². The second kappa shape index (κ2) is 4.52. The van der Waals surface area contributed by atoms with Crippen LogP contribution in [0.15, 0.2) is 24.3 Å². The summed E-state index contributed by atoms with van der Waals surface area (Å²) in [5.74, 6) is -1.77. The molecule has 0 radical (unpaired) electrons. The minimum atomic E-state index is -5.20. The van der Waals surface area contributed by atoms with Gasteiger partial charge in [-0.2, -0.15) is 13.2 Å². The fraction of sp³-hybridized carbons (Fsp3) is 0.308. The number of methoxy groups -OCH3 is 1. The van der Waals surface area contributed by atoms with Crippen LogP contribution in [0.4, 0.5) is 13.2 Å². The monoisotopic (exact) mass is 287 g/mol. The molecule has 0 spiro atoms. The van der Waals surface area contributed by atoms with Crippen molar-refractivity contribution in [3.8, 4) is 0 Å². The number of carbonyl (C=O) groups excluding carboxylic acids is 1. The fourth-order valence-electron chi connectivity index (χ4n) is 2.25. The SMILES string of the molecule is COC(=O)[C@@](O)(c1c(C)[nH]c2ccccc12)C(F)(F)F. The lowest BCUT2D eigenvalue weighted by Crippen LogP contribution is -2.50. The van der Waals surface area contributed by atoms with Crippen molar-refractivity contribution in [2.24, 2.45) is 0 Å². The van der Waals surface area contributed by atoms with E-state index in [0.717, 1.165) is 7.11 Å². The van der Waals surface area contributed by atoms with Gasteiger partial charge in [0.25, 0.3) is 5.60 Å². The summed E-state index contributed by atoms with van der Waals surface area (Å²) in [6, 6.07) is 6.10. The molecule has 0 amide bonds. The third kappa shape index (κ3) is 1.85. The molecule has 0 saturated heterocycles. The topological polar surface area (TPSA) is 62.3 Å². The minimum Gasteiger partial charge on any atom is -0.466 e. The van der Waals surface area contributed by atoms with Gasteiger partial charge < -0.3 is 14.8 Å². The van der Waals surface area contributed by atoms with Gasteiger partial charge in [0, 0.05) is 22.2 Å². The van der Waals surface area contributed by atoms with Crippen LogP contribution in [0.2, 0.25) is 0 Å². The molecule has 7 heteroatoms. The molecule has 2 aromatic rings. The summed E-state index contributed by atoms with van der Waals surface area (Å²) >= 11 is 0. The molecular weight excluding hydrogens is 275 g/mol. The van der Waals surface area contributed by atoms with E-state index in [1.165, 1.54) is 19.1 Å². The molecule has 1 aromatic carbocycles. The quantitative estimate of drug-likeness (QED) is 0.834. The number of ether oxygens (including phenoxy) is 1. The molecule has 0 aliphatic heterocycles. The predicted octanol–water partition coefficient (Wildman–Crippen LogP) is 2.40. The standard InChI is InChI=1S/C13H12F3NO3/c1-7-10(8-5-3-4-6-9(8)17-7)12(19,11(18)20-2)13(14,15)16/h3-6,17,19H,1-2H3/t12-/m0/s1. The normalized spacial score (nSPS) is 15.1. The van der Waals surface area contributed by atoms with E-state index in [0.29, 0.717) is 5.52 Å². The minimum absolute atomic E-state index is 0.0522. The Kier molecular flexibility index (Phi) is 3.25. The van der Waals surface area contributed by atoms with Crippen LogP contribution in [-0.4, -0.2) is 29.3 Å². The average molecular weight is 287 g/mol. The number of H-pyrrole nitrogens is 1. The number of hydrogen-bond acceptors (Lipinski definition) is 3. The van der Waals surface area contributed by atoms with Crippen molar-refractivity contribution in [2.75, 3.05) is 7.11 Å². The van der Waals surface area contributed by atoms with Crippen molar-refractivity contribution >= 4 is 16.9 Å². The smallest absolute Gasteiger partial charge is 0.432 e. The highest BCUT2D eigenvalue weighted by atomic mass is 19.4. The fourth-order valence-corrected chi connectivity index (χ4v) is 2.25. The summed E-state index contributed by atoms with van der Waals surface area (Å²) in [5.41, 5.74) is -3.79. The van der Waals surface area contributed by atoms with Gasteiger partial charge in [0.2, 0.25) is 0 Å². The molecule has 1 heterocycles. The number of benzene rings is 1. The molecule has 1 atom stereocenters. The molecule has 1 aromatic heterocycles. The Morgan fingerprint density at radius 3 is 2.45 bits per heavy atom. The maximum absolute atomic E-state index is 13.2. The Morgan fingerprint density at radius 2 is 1.90 bits per heavy atom. The maximum Gasteiger partial charge on any atom is 0.432 e. The number of nitrogens with one attached hydrogen (secondary N) is 1. The predicted molar refractivity (Wildman–Crippen MR) is 65.0 cm³/mol. The molecule has 0 bridgehead atoms. The van der Waals surface area contributed by atoms with Gasteiger partial charge in [-0.1, -0.05) is 18.2 Å². The van der Waals surface area contributed by atoms with E-state index in [4.69, 9.17) is 0 Å². The number of esters is 1. The van der Waals surface area contributed by atoms with Gasteiger partial charge in [0.05, 0.1) is 7.11 Å². The molecule has 0 saturated carbocycles. The number of para-hydroxylation sites is 1. The zero-order valence-electron chi connectivity index (χ0n) is 10.7. The summed E-state index contributed by atoms with van der Waals surface area (Å²) in [6.07, 6.45) is -5.20.